The summed E-state index contributed by atoms with van der Waals surface area (Å²) in [6, 6.07) is 11.1. The summed E-state index contributed by atoms with van der Waals surface area (Å²) in [7, 11) is 3.02. The average Bonchev–Trinajstić information content (AvgIpc) is 3.40. The fourth-order valence-electron chi connectivity index (χ4n) is 3.47. The van der Waals surface area contributed by atoms with Gasteiger partial charge in [-0.05, 0) is 29.8 Å². The van der Waals surface area contributed by atoms with Crippen molar-refractivity contribution < 1.29 is 24.2 Å². The van der Waals surface area contributed by atoms with E-state index in [0.29, 0.717) is 27.8 Å². The Labute approximate surface area is 190 Å². The van der Waals surface area contributed by atoms with Crippen LogP contribution < -0.4 is 14.4 Å². The number of hydrogen-bond acceptors (Lipinski definition) is 7. The zero-order valence-corrected chi connectivity index (χ0v) is 18.9. The molecule has 1 amide bonds. The van der Waals surface area contributed by atoms with Crippen molar-refractivity contribution in [3.63, 3.8) is 0 Å². The molecule has 1 atom stereocenters. The van der Waals surface area contributed by atoms with Crippen LogP contribution in [0.3, 0.4) is 0 Å². The number of carbonyl (C=O) groups excluding carboxylic acids is 2. The zero-order valence-electron chi connectivity index (χ0n) is 16.5. The number of hydrogen-bond donors (Lipinski definition) is 1. The van der Waals surface area contributed by atoms with E-state index < -0.39 is 17.7 Å². The minimum atomic E-state index is -0.880. The van der Waals surface area contributed by atoms with Gasteiger partial charge in [-0.1, -0.05) is 34.1 Å². The van der Waals surface area contributed by atoms with Crippen LogP contribution in [0.2, 0.25) is 0 Å². The van der Waals surface area contributed by atoms with E-state index in [1.54, 1.807) is 54.0 Å². The predicted octanol–water partition coefficient (Wildman–Crippen LogP) is 4.55. The van der Waals surface area contributed by atoms with Crippen molar-refractivity contribution in [1.82, 2.24) is 4.98 Å². The number of aliphatic hydroxyl groups is 1. The predicted molar refractivity (Wildman–Crippen MR) is 121 cm³/mol. The number of methoxy groups -OCH3 is 2. The topological polar surface area (TPSA) is 89.0 Å². The van der Waals surface area contributed by atoms with Crippen molar-refractivity contribution in [3.05, 3.63) is 75.2 Å². The Morgan fingerprint density at radius 1 is 1.10 bits per heavy atom. The number of aliphatic hydroxyl groups excluding tert-OH is 1. The van der Waals surface area contributed by atoms with Crippen molar-refractivity contribution in [2.45, 2.75) is 6.04 Å². The first-order chi connectivity index (χ1) is 15.0. The van der Waals surface area contributed by atoms with E-state index in [1.807, 2.05) is 0 Å². The highest BCUT2D eigenvalue weighted by Crippen LogP contribution is 2.44. The Morgan fingerprint density at radius 2 is 1.81 bits per heavy atom. The molecule has 0 aliphatic carbocycles. The summed E-state index contributed by atoms with van der Waals surface area (Å²) in [5, 5.41) is 13.1. The van der Waals surface area contributed by atoms with Gasteiger partial charge in [-0.15, -0.1) is 11.3 Å². The number of aromatic nitrogens is 1. The highest BCUT2D eigenvalue weighted by atomic mass is 79.9. The summed E-state index contributed by atoms with van der Waals surface area (Å²) in [4.78, 5) is 31.6. The van der Waals surface area contributed by atoms with Gasteiger partial charge in [0.2, 0.25) is 0 Å². The zero-order chi connectivity index (χ0) is 22.1. The van der Waals surface area contributed by atoms with Gasteiger partial charge < -0.3 is 14.6 Å². The Kier molecular flexibility index (Phi) is 5.79. The van der Waals surface area contributed by atoms with Crippen molar-refractivity contribution in [2.24, 2.45) is 0 Å². The molecule has 3 aromatic rings. The largest absolute Gasteiger partial charge is 0.507 e. The number of anilines is 1. The minimum absolute atomic E-state index is 0.0188. The molecule has 2 aromatic carbocycles. The first kappa shape index (κ1) is 21.1. The van der Waals surface area contributed by atoms with E-state index in [0.717, 1.165) is 4.47 Å². The SMILES string of the molecule is COc1ccc(C2/C(=C(\O)c3ccc(Br)cc3)C(=O)C(=O)N2c2nccs2)cc1OC. The maximum atomic E-state index is 13.1. The lowest BCUT2D eigenvalue weighted by Crippen LogP contribution is -2.29. The molecule has 1 aliphatic heterocycles. The summed E-state index contributed by atoms with van der Waals surface area (Å²) < 4.78 is 11.5. The molecular weight excluding hydrogens is 484 g/mol. The number of rotatable bonds is 5. The molecule has 9 heteroatoms. The number of thiazole rings is 1. The number of nitrogens with zero attached hydrogens (tertiary/aromatic N) is 2. The number of carbonyl (C=O) groups is 2. The molecule has 0 radical (unpaired) electrons. The normalized spacial score (nSPS) is 17.8. The van der Waals surface area contributed by atoms with Crippen LogP contribution in [0.25, 0.3) is 5.76 Å². The Bertz CT molecular complexity index is 1180. The van der Waals surface area contributed by atoms with Gasteiger partial charge in [0.1, 0.15) is 5.76 Å². The second kappa shape index (κ2) is 8.52. The lowest BCUT2D eigenvalue weighted by molar-refractivity contribution is -0.132. The minimum Gasteiger partial charge on any atom is -0.507 e. The molecule has 1 unspecified atom stereocenters. The molecule has 2 heterocycles. The molecule has 1 fully saturated rings. The summed E-state index contributed by atoms with van der Waals surface area (Å²) in [6.07, 6.45) is 1.56. The van der Waals surface area contributed by atoms with E-state index in [9.17, 15) is 14.7 Å². The molecule has 0 bridgehead atoms. The van der Waals surface area contributed by atoms with Gasteiger partial charge in [0.15, 0.2) is 16.6 Å². The third kappa shape index (κ3) is 3.70. The number of halogens is 1. The van der Waals surface area contributed by atoms with Crippen molar-refractivity contribution in [1.29, 1.82) is 0 Å². The standard InChI is InChI=1S/C22H17BrN2O5S/c1-29-15-8-5-13(11-16(15)30-2)18-17(19(26)12-3-6-14(23)7-4-12)20(27)21(28)25(18)22-24-9-10-31-22/h3-11,18,26H,1-2H3/b19-17+. The van der Waals surface area contributed by atoms with E-state index in [4.69, 9.17) is 9.47 Å². The van der Waals surface area contributed by atoms with Crippen LogP contribution in [-0.2, 0) is 9.59 Å². The van der Waals surface area contributed by atoms with Crippen LogP contribution in [-0.4, -0.2) is 36.0 Å². The van der Waals surface area contributed by atoms with Crippen molar-refractivity contribution in [3.8, 4) is 11.5 Å². The first-order valence-corrected chi connectivity index (χ1v) is 10.8. The summed E-state index contributed by atoms with van der Waals surface area (Å²) in [5.41, 5.74) is 0.978. The van der Waals surface area contributed by atoms with Crippen LogP contribution >= 0.6 is 27.3 Å². The highest BCUT2D eigenvalue weighted by molar-refractivity contribution is 9.10. The molecular formula is C22H17BrN2O5S. The highest BCUT2D eigenvalue weighted by Gasteiger charge is 2.48. The third-order valence-corrected chi connectivity index (χ3v) is 6.21. The molecule has 1 aliphatic rings. The van der Waals surface area contributed by atoms with E-state index >= 15 is 0 Å². The van der Waals surface area contributed by atoms with Crippen LogP contribution in [0.1, 0.15) is 17.2 Å². The number of amides is 1. The van der Waals surface area contributed by atoms with Crippen LogP contribution in [0.5, 0.6) is 11.5 Å². The summed E-state index contributed by atoms with van der Waals surface area (Å²) in [6.45, 7) is 0. The van der Waals surface area contributed by atoms with Crippen LogP contribution in [0.4, 0.5) is 5.13 Å². The van der Waals surface area contributed by atoms with Crippen molar-refractivity contribution >= 4 is 49.8 Å². The van der Waals surface area contributed by atoms with Gasteiger partial charge in [-0.2, -0.15) is 0 Å². The second-order valence-electron chi connectivity index (χ2n) is 6.61. The number of ketones is 1. The van der Waals surface area contributed by atoms with E-state index in [2.05, 4.69) is 20.9 Å². The van der Waals surface area contributed by atoms with E-state index in [1.165, 1.54) is 30.5 Å². The first-order valence-electron chi connectivity index (χ1n) is 9.14. The molecule has 1 aromatic heterocycles. The quantitative estimate of drug-likeness (QED) is 0.314. The Morgan fingerprint density at radius 3 is 2.42 bits per heavy atom. The molecule has 0 saturated carbocycles. The molecule has 31 heavy (non-hydrogen) atoms. The smallest absolute Gasteiger partial charge is 0.301 e. The molecule has 7 nitrogen and oxygen atoms in total. The van der Waals surface area contributed by atoms with E-state index in [-0.39, 0.29) is 11.3 Å². The monoisotopic (exact) mass is 500 g/mol. The van der Waals surface area contributed by atoms with Gasteiger partial charge in [0, 0.05) is 21.6 Å². The maximum absolute atomic E-state index is 13.1. The number of benzene rings is 2. The number of ether oxygens (including phenoxy) is 2. The molecule has 4 rings (SSSR count). The number of Topliss-reactive ketones (excluding diaryl/α,β-unsaturated/α-hetero) is 1. The lowest BCUT2D eigenvalue weighted by atomic mass is 9.95. The summed E-state index contributed by atoms with van der Waals surface area (Å²) >= 11 is 4.58. The van der Waals surface area contributed by atoms with Crippen molar-refractivity contribution in [2.75, 3.05) is 19.1 Å². The lowest BCUT2D eigenvalue weighted by Gasteiger charge is -2.23. The van der Waals surface area contributed by atoms with Gasteiger partial charge in [-0.25, -0.2) is 4.98 Å². The fourth-order valence-corrected chi connectivity index (χ4v) is 4.40. The Hall–Kier alpha value is -3.17. The molecule has 0 spiro atoms. The maximum Gasteiger partial charge on any atom is 0.301 e. The van der Waals surface area contributed by atoms with Gasteiger partial charge >= 0.3 is 5.91 Å². The molecule has 158 valence electrons. The fraction of sp³-hybridized carbons (Fsp3) is 0.136. The molecule has 1 saturated heterocycles. The third-order valence-electron chi connectivity index (χ3n) is 4.91. The molecule has 1 N–H and O–H groups in total. The average molecular weight is 501 g/mol. The van der Waals surface area contributed by atoms with Crippen LogP contribution in [0.15, 0.2) is 64.1 Å². The van der Waals surface area contributed by atoms with Gasteiger partial charge in [0.25, 0.3) is 5.78 Å². The second-order valence-corrected chi connectivity index (χ2v) is 8.39. The van der Waals surface area contributed by atoms with Gasteiger partial charge in [0.05, 0.1) is 25.8 Å². The van der Waals surface area contributed by atoms with Crippen LogP contribution in [0, 0.1) is 0 Å². The summed E-state index contributed by atoms with van der Waals surface area (Å²) in [5.74, 6) is -0.854. The van der Waals surface area contributed by atoms with Gasteiger partial charge in [-0.3, -0.25) is 14.5 Å². The Balaban J connectivity index is 1.94.